The minimum Gasteiger partial charge on any atom is -0.330 e. The number of hydrogen-bond donors (Lipinski definition) is 1. The Bertz CT molecular complexity index is 207. The van der Waals surface area contributed by atoms with Crippen LogP contribution in [0.4, 0.5) is 0 Å². The highest BCUT2D eigenvalue weighted by atomic mass is 32.2. The van der Waals surface area contributed by atoms with E-state index in [1.165, 1.54) is 19.3 Å². The molecule has 1 spiro atoms. The van der Waals surface area contributed by atoms with Crippen LogP contribution in [0.3, 0.4) is 0 Å². The highest BCUT2D eigenvalue weighted by molar-refractivity contribution is 8.01. The Balaban J connectivity index is 2.01. The predicted octanol–water partition coefficient (Wildman–Crippen LogP) is 1.19. The van der Waals surface area contributed by atoms with E-state index in [-0.39, 0.29) is 0 Å². The van der Waals surface area contributed by atoms with E-state index >= 15 is 0 Å². The summed E-state index contributed by atoms with van der Waals surface area (Å²) in [7, 11) is 0. The Kier molecular flexibility index (Phi) is 2.17. The van der Waals surface area contributed by atoms with Crippen LogP contribution in [0.5, 0.6) is 0 Å². The van der Waals surface area contributed by atoms with E-state index in [0.29, 0.717) is 16.4 Å². The van der Waals surface area contributed by atoms with E-state index in [2.05, 4.69) is 0 Å². The smallest absolute Gasteiger partial charge is 0.144 e. The number of carbonyl (C=O) groups is 1. The van der Waals surface area contributed by atoms with Crippen molar-refractivity contribution in [3.63, 3.8) is 0 Å². The molecule has 2 rings (SSSR count). The lowest BCUT2D eigenvalue weighted by atomic mass is 9.99. The molecule has 2 N–H and O–H groups in total. The van der Waals surface area contributed by atoms with E-state index in [0.717, 1.165) is 18.7 Å². The average Bonchev–Trinajstić information content (AvgIpc) is 2.61. The molecule has 2 fully saturated rings. The first-order chi connectivity index (χ1) is 5.74. The van der Waals surface area contributed by atoms with Crippen molar-refractivity contribution in [2.75, 3.05) is 12.3 Å². The molecule has 1 saturated carbocycles. The van der Waals surface area contributed by atoms with Gasteiger partial charge >= 0.3 is 0 Å². The summed E-state index contributed by atoms with van der Waals surface area (Å²) < 4.78 is 0.321. The van der Waals surface area contributed by atoms with Gasteiger partial charge < -0.3 is 5.73 Å². The van der Waals surface area contributed by atoms with Crippen LogP contribution in [-0.2, 0) is 4.79 Å². The maximum absolute atomic E-state index is 11.1. The summed E-state index contributed by atoms with van der Waals surface area (Å²) in [4.78, 5) is 11.1. The van der Waals surface area contributed by atoms with E-state index in [4.69, 9.17) is 5.73 Å². The molecule has 2 aliphatic rings. The first-order valence-electron chi connectivity index (χ1n) is 4.60. The van der Waals surface area contributed by atoms with Crippen LogP contribution in [0.15, 0.2) is 0 Å². The van der Waals surface area contributed by atoms with Crippen LogP contribution >= 0.6 is 11.8 Å². The molecule has 0 radical (unpaired) electrons. The van der Waals surface area contributed by atoms with Gasteiger partial charge in [-0.1, -0.05) is 0 Å². The van der Waals surface area contributed by atoms with Crippen molar-refractivity contribution in [2.45, 2.75) is 30.4 Å². The summed E-state index contributed by atoms with van der Waals surface area (Å²) in [6.07, 6.45) is 4.44. The second kappa shape index (κ2) is 3.04. The molecule has 0 aromatic heterocycles. The molecule has 1 saturated heterocycles. The van der Waals surface area contributed by atoms with Crippen LogP contribution < -0.4 is 5.73 Å². The van der Waals surface area contributed by atoms with Gasteiger partial charge in [-0.05, 0) is 31.7 Å². The van der Waals surface area contributed by atoms with Crippen LogP contribution in [0.2, 0.25) is 0 Å². The summed E-state index contributed by atoms with van der Waals surface area (Å²) in [5.74, 6) is 1.87. The molecule has 2 nitrogen and oxygen atoms in total. The van der Waals surface area contributed by atoms with Crippen molar-refractivity contribution in [1.29, 1.82) is 0 Å². The van der Waals surface area contributed by atoms with Crippen molar-refractivity contribution < 1.29 is 4.79 Å². The maximum atomic E-state index is 11.1. The van der Waals surface area contributed by atoms with Gasteiger partial charge in [0.25, 0.3) is 0 Å². The van der Waals surface area contributed by atoms with Crippen molar-refractivity contribution in [1.82, 2.24) is 0 Å². The standard InChI is InChI=1S/C9H15NOS/c10-5-7-1-2-9(3-7)4-8(11)6-12-9/h7H,1-6,10H2. The Morgan fingerprint density at radius 3 is 3.00 bits per heavy atom. The Hall–Kier alpha value is -0.0200. The fraction of sp³-hybridized carbons (Fsp3) is 0.889. The fourth-order valence-electron chi connectivity index (χ4n) is 2.39. The molecule has 1 aliphatic heterocycles. The average molecular weight is 185 g/mol. The molecule has 0 amide bonds. The van der Waals surface area contributed by atoms with E-state index in [9.17, 15) is 4.79 Å². The highest BCUT2D eigenvalue weighted by Crippen LogP contribution is 2.50. The predicted molar refractivity (Wildman–Crippen MR) is 51.2 cm³/mol. The van der Waals surface area contributed by atoms with E-state index in [1.54, 1.807) is 0 Å². The summed E-state index contributed by atoms with van der Waals surface area (Å²) in [5.41, 5.74) is 5.63. The number of ketones is 1. The molecule has 2 atom stereocenters. The zero-order chi connectivity index (χ0) is 8.60. The van der Waals surface area contributed by atoms with Gasteiger partial charge in [-0.3, -0.25) is 4.79 Å². The first kappa shape index (κ1) is 8.57. The lowest BCUT2D eigenvalue weighted by molar-refractivity contribution is -0.116. The zero-order valence-electron chi connectivity index (χ0n) is 7.21. The van der Waals surface area contributed by atoms with Crippen molar-refractivity contribution in [2.24, 2.45) is 11.7 Å². The molecule has 1 heterocycles. The summed E-state index contributed by atoms with van der Waals surface area (Å²) in [6, 6.07) is 0. The lowest BCUT2D eigenvalue weighted by Crippen LogP contribution is -2.19. The topological polar surface area (TPSA) is 43.1 Å². The molecule has 0 bridgehead atoms. The summed E-state index contributed by atoms with van der Waals surface area (Å²) in [6.45, 7) is 0.802. The number of hydrogen-bond acceptors (Lipinski definition) is 3. The van der Waals surface area contributed by atoms with Crippen LogP contribution in [0.1, 0.15) is 25.7 Å². The van der Waals surface area contributed by atoms with Crippen molar-refractivity contribution >= 4 is 17.5 Å². The van der Waals surface area contributed by atoms with Gasteiger partial charge in [0.1, 0.15) is 5.78 Å². The van der Waals surface area contributed by atoms with Gasteiger partial charge in [0.2, 0.25) is 0 Å². The van der Waals surface area contributed by atoms with Gasteiger partial charge in [0, 0.05) is 11.2 Å². The molecule has 68 valence electrons. The normalized spacial score (nSPS) is 41.4. The second-order valence-corrected chi connectivity index (χ2v) is 5.48. The number of thioether (sulfide) groups is 1. The minimum atomic E-state index is 0.321. The molecule has 0 aromatic rings. The van der Waals surface area contributed by atoms with Gasteiger partial charge in [0.15, 0.2) is 0 Å². The molecule has 3 heteroatoms. The number of Topliss-reactive ketones (excluding diaryl/α,β-unsaturated/α-hetero) is 1. The Morgan fingerprint density at radius 2 is 2.50 bits per heavy atom. The van der Waals surface area contributed by atoms with Gasteiger partial charge in [-0.25, -0.2) is 0 Å². The first-order valence-corrected chi connectivity index (χ1v) is 5.58. The third kappa shape index (κ3) is 1.40. The molecular weight excluding hydrogens is 170 g/mol. The maximum Gasteiger partial charge on any atom is 0.144 e. The zero-order valence-corrected chi connectivity index (χ0v) is 8.03. The van der Waals surface area contributed by atoms with E-state index in [1.807, 2.05) is 11.8 Å². The van der Waals surface area contributed by atoms with Crippen LogP contribution in [0.25, 0.3) is 0 Å². The van der Waals surface area contributed by atoms with Gasteiger partial charge in [-0.15, -0.1) is 11.8 Å². The van der Waals surface area contributed by atoms with Crippen LogP contribution in [-0.4, -0.2) is 22.8 Å². The lowest BCUT2D eigenvalue weighted by Gasteiger charge is -2.20. The monoisotopic (exact) mass is 185 g/mol. The Morgan fingerprint density at radius 1 is 1.67 bits per heavy atom. The molecule has 2 unspecified atom stereocenters. The summed E-state index contributed by atoms with van der Waals surface area (Å²) in [5, 5.41) is 0. The largest absolute Gasteiger partial charge is 0.330 e. The van der Waals surface area contributed by atoms with Crippen molar-refractivity contribution in [3.8, 4) is 0 Å². The third-order valence-corrected chi connectivity index (χ3v) is 4.65. The SMILES string of the molecule is NCC1CCC2(CC(=O)CS2)C1. The van der Waals surface area contributed by atoms with Gasteiger partial charge in [0.05, 0.1) is 5.75 Å². The molecule has 0 aromatic carbocycles. The van der Waals surface area contributed by atoms with Gasteiger partial charge in [-0.2, -0.15) is 0 Å². The number of nitrogens with two attached hydrogens (primary N) is 1. The quantitative estimate of drug-likeness (QED) is 0.667. The minimum absolute atomic E-state index is 0.321. The number of rotatable bonds is 1. The van der Waals surface area contributed by atoms with Crippen molar-refractivity contribution in [3.05, 3.63) is 0 Å². The highest BCUT2D eigenvalue weighted by Gasteiger charge is 2.44. The summed E-state index contributed by atoms with van der Waals surface area (Å²) >= 11 is 1.87. The Labute approximate surface area is 77.3 Å². The molecular formula is C9H15NOS. The van der Waals surface area contributed by atoms with Crippen LogP contribution in [0, 0.1) is 5.92 Å². The molecule has 1 aliphatic carbocycles. The third-order valence-electron chi connectivity index (χ3n) is 3.06. The molecule has 12 heavy (non-hydrogen) atoms. The van der Waals surface area contributed by atoms with E-state index < -0.39 is 0 Å². The number of carbonyl (C=O) groups excluding carboxylic acids is 1. The second-order valence-electron chi connectivity index (χ2n) is 4.03. The fourth-order valence-corrected chi connectivity index (χ4v) is 3.83.